The van der Waals surface area contributed by atoms with E-state index in [1.807, 2.05) is 6.92 Å². The number of nitrogens with zero attached hydrogens (tertiary/aromatic N) is 2. The number of rotatable bonds is 5. The average Bonchev–Trinajstić information content (AvgIpc) is 2.55. The summed E-state index contributed by atoms with van der Waals surface area (Å²) in [6.45, 7) is 5.95. The van der Waals surface area contributed by atoms with Gasteiger partial charge in [0.2, 0.25) is 0 Å². The standard InChI is InChI=1S/C9H15N3O3S/c1-4-12-8(14)10-11-9(12)16-5-7(13)15-6(2)3/h6H,4-5H2,1-3H3,(H,10,14). The molecule has 0 aliphatic rings. The van der Waals surface area contributed by atoms with Gasteiger partial charge >= 0.3 is 11.7 Å². The molecule has 90 valence electrons. The van der Waals surface area contributed by atoms with Crippen LogP contribution in [0.3, 0.4) is 0 Å². The molecule has 16 heavy (non-hydrogen) atoms. The molecule has 0 aliphatic carbocycles. The molecule has 1 N–H and O–H groups in total. The Hall–Kier alpha value is -1.24. The van der Waals surface area contributed by atoms with Gasteiger partial charge in [-0.25, -0.2) is 9.89 Å². The molecule has 1 rings (SSSR count). The summed E-state index contributed by atoms with van der Waals surface area (Å²) in [6.07, 6.45) is -0.124. The van der Waals surface area contributed by atoms with Gasteiger partial charge in [-0.2, -0.15) is 0 Å². The Morgan fingerprint density at radius 1 is 1.62 bits per heavy atom. The first-order valence-corrected chi connectivity index (χ1v) is 6.00. The van der Waals surface area contributed by atoms with Gasteiger partial charge < -0.3 is 4.74 Å². The number of aromatic nitrogens is 3. The number of nitrogens with one attached hydrogen (secondary N) is 1. The van der Waals surface area contributed by atoms with Crippen molar-refractivity contribution in [3.05, 3.63) is 10.5 Å². The largest absolute Gasteiger partial charge is 0.462 e. The van der Waals surface area contributed by atoms with Crippen molar-refractivity contribution in [2.75, 3.05) is 5.75 Å². The van der Waals surface area contributed by atoms with Crippen LogP contribution in [-0.4, -0.2) is 32.6 Å². The molecular weight excluding hydrogens is 230 g/mol. The van der Waals surface area contributed by atoms with Crippen LogP contribution in [-0.2, 0) is 16.1 Å². The summed E-state index contributed by atoms with van der Waals surface area (Å²) in [5.41, 5.74) is -0.262. The van der Waals surface area contributed by atoms with Gasteiger partial charge in [0.1, 0.15) is 0 Å². The fourth-order valence-corrected chi connectivity index (χ4v) is 1.91. The molecule has 0 bridgehead atoms. The highest BCUT2D eigenvalue weighted by molar-refractivity contribution is 7.99. The van der Waals surface area contributed by atoms with Gasteiger partial charge in [0.15, 0.2) is 5.16 Å². The van der Waals surface area contributed by atoms with Gasteiger partial charge in [0.05, 0.1) is 11.9 Å². The molecule has 0 atom stereocenters. The molecule has 0 radical (unpaired) electrons. The number of aromatic amines is 1. The first-order chi connectivity index (χ1) is 7.54. The Bertz CT molecular complexity index is 410. The molecule has 0 amide bonds. The lowest BCUT2D eigenvalue weighted by atomic mass is 10.5. The lowest BCUT2D eigenvalue weighted by Gasteiger charge is -2.07. The molecule has 6 nitrogen and oxygen atoms in total. The zero-order valence-corrected chi connectivity index (χ0v) is 10.3. The van der Waals surface area contributed by atoms with E-state index in [9.17, 15) is 9.59 Å². The van der Waals surface area contributed by atoms with Crippen LogP contribution in [0.5, 0.6) is 0 Å². The second-order valence-corrected chi connectivity index (χ2v) is 4.33. The monoisotopic (exact) mass is 245 g/mol. The number of ether oxygens (including phenoxy) is 1. The molecule has 0 aliphatic heterocycles. The van der Waals surface area contributed by atoms with Crippen LogP contribution in [0, 0.1) is 0 Å². The van der Waals surface area contributed by atoms with Crippen molar-refractivity contribution < 1.29 is 9.53 Å². The Kier molecular flexibility index (Phi) is 4.60. The summed E-state index contributed by atoms with van der Waals surface area (Å²) in [6, 6.07) is 0. The molecule has 0 saturated heterocycles. The lowest BCUT2D eigenvalue weighted by Crippen LogP contribution is -2.17. The number of esters is 1. The summed E-state index contributed by atoms with van der Waals surface area (Å²) in [5, 5.41) is 6.66. The van der Waals surface area contributed by atoms with Gasteiger partial charge in [0.25, 0.3) is 0 Å². The van der Waals surface area contributed by atoms with Crippen molar-refractivity contribution in [2.45, 2.75) is 38.6 Å². The minimum atomic E-state index is -0.307. The van der Waals surface area contributed by atoms with Crippen molar-refractivity contribution in [3.63, 3.8) is 0 Å². The number of H-pyrrole nitrogens is 1. The highest BCUT2D eigenvalue weighted by Crippen LogP contribution is 2.13. The van der Waals surface area contributed by atoms with Gasteiger partial charge in [-0.15, -0.1) is 5.10 Å². The Morgan fingerprint density at radius 3 is 2.88 bits per heavy atom. The van der Waals surface area contributed by atoms with Gasteiger partial charge in [-0.3, -0.25) is 9.36 Å². The molecular formula is C9H15N3O3S. The smallest absolute Gasteiger partial charge is 0.343 e. The minimum Gasteiger partial charge on any atom is -0.462 e. The molecule has 0 spiro atoms. The maximum atomic E-state index is 11.3. The van der Waals surface area contributed by atoms with E-state index in [4.69, 9.17) is 4.74 Å². The van der Waals surface area contributed by atoms with E-state index in [1.54, 1.807) is 13.8 Å². The summed E-state index contributed by atoms with van der Waals surface area (Å²) in [5.74, 6) is -0.152. The van der Waals surface area contributed by atoms with E-state index >= 15 is 0 Å². The molecule has 1 heterocycles. The molecule has 1 aromatic heterocycles. The van der Waals surface area contributed by atoms with Crippen molar-refractivity contribution in [3.8, 4) is 0 Å². The third-order valence-electron chi connectivity index (χ3n) is 1.73. The van der Waals surface area contributed by atoms with Crippen LogP contribution in [0.4, 0.5) is 0 Å². The second kappa shape index (κ2) is 5.74. The van der Waals surface area contributed by atoms with Crippen LogP contribution in [0.2, 0.25) is 0 Å². The van der Waals surface area contributed by atoms with E-state index in [-0.39, 0.29) is 23.5 Å². The summed E-state index contributed by atoms with van der Waals surface area (Å²) < 4.78 is 6.43. The average molecular weight is 245 g/mol. The van der Waals surface area contributed by atoms with Gasteiger partial charge in [-0.1, -0.05) is 11.8 Å². The lowest BCUT2D eigenvalue weighted by molar-refractivity contribution is -0.144. The predicted molar refractivity (Wildman–Crippen MR) is 60.5 cm³/mol. The minimum absolute atomic E-state index is 0.124. The van der Waals surface area contributed by atoms with Crippen molar-refractivity contribution in [2.24, 2.45) is 0 Å². The number of carbonyl (C=O) groups excluding carboxylic acids is 1. The Balaban J connectivity index is 2.54. The third-order valence-corrected chi connectivity index (χ3v) is 2.68. The summed E-state index contributed by atoms with van der Waals surface area (Å²) >= 11 is 1.19. The van der Waals surface area contributed by atoms with Crippen LogP contribution < -0.4 is 5.69 Å². The molecule has 0 fully saturated rings. The highest BCUT2D eigenvalue weighted by atomic mass is 32.2. The first-order valence-electron chi connectivity index (χ1n) is 5.02. The zero-order valence-electron chi connectivity index (χ0n) is 9.52. The predicted octanol–water partition coefficient (Wildman–Crippen LogP) is 0.635. The number of carbonyl (C=O) groups is 1. The fraction of sp³-hybridized carbons (Fsp3) is 0.667. The quantitative estimate of drug-likeness (QED) is 0.608. The van der Waals surface area contributed by atoms with Crippen molar-refractivity contribution >= 4 is 17.7 Å². The molecule has 1 aromatic rings. The number of hydrogen-bond acceptors (Lipinski definition) is 5. The van der Waals surface area contributed by atoms with Gasteiger partial charge in [-0.05, 0) is 20.8 Å². The molecule has 0 saturated carbocycles. The Labute approximate surface area is 97.4 Å². The van der Waals surface area contributed by atoms with Gasteiger partial charge in [0, 0.05) is 6.54 Å². The van der Waals surface area contributed by atoms with Crippen LogP contribution in [0.15, 0.2) is 9.95 Å². The van der Waals surface area contributed by atoms with Crippen molar-refractivity contribution in [1.29, 1.82) is 0 Å². The van der Waals surface area contributed by atoms with E-state index in [1.165, 1.54) is 16.3 Å². The Morgan fingerprint density at radius 2 is 2.31 bits per heavy atom. The summed E-state index contributed by atoms with van der Waals surface area (Å²) in [7, 11) is 0. The maximum Gasteiger partial charge on any atom is 0.343 e. The zero-order chi connectivity index (χ0) is 12.1. The molecule has 0 unspecified atom stereocenters. The first kappa shape index (κ1) is 12.8. The van der Waals surface area contributed by atoms with E-state index in [2.05, 4.69) is 10.2 Å². The van der Waals surface area contributed by atoms with Crippen molar-refractivity contribution in [1.82, 2.24) is 14.8 Å². The normalized spacial score (nSPS) is 10.8. The van der Waals surface area contributed by atoms with Crippen LogP contribution in [0.1, 0.15) is 20.8 Å². The van der Waals surface area contributed by atoms with Crippen LogP contribution in [0.25, 0.3) is 0 Å². The van der Waals surface area contributed by atoms with Crippen LogP contribution >= 0.6 is 11.8 Å². The topological polar surface area (TPSA) is 77.0 Å². The maximum absolute atomic E-state index is 11.3. The summed E-state index contributed by atoms with van der Waals surface area (Å²) in [4.78, 5) is 22.5. The number of thioether (sulfide) groups is 1. The molecule has 7 heteroatoms. The fourth-order valence-electron chi connectivity index (χ4n) is 1.11. The van der Waals surface area contributed by atoms with E-state index in [0.29, 0.717) is 11.7 Å². The van der Waals surface area contributed by atoms with E-state index in [0.717, 1.165) is 0 Å². The number of hydrogen-bond donors (Lipinski definition) is 1. The molecule has 0 aromatic carbocycles. The second-order valence-electron chi connectivity index (χ2n) is 3.38. The van der Waals surface area contributed by atoms with E-state index < -0.39 is 0 Å². The highest BCUT2D eigenvalue weighted by Gasteiger charge is 2.11. The SMILES string of the molecule is CCn1c(SCC(=O)OC(C)C)n[nH]c1=O. The third kappa shape index (κ3) is 3.41.